The Bertz CT molecular complexity index is 184. The lowest BCUT2D eigenvalue weighted by Crippen LogP contribution is -2.29. The van der Waals surface area contributed by atoms with Crippen molar-refractivity contribution in [1.82, 2.24) is 10.2 Å². The summed E-state index contributed by atoms with van der Waals surface area (Å²) in [4.78, 5) is 6.39. The quantitative estimate of drug-likeness (QED) is 0.631. The highest BCUT2D eigenvalue weighted by molar-refractivity contribution is 5.81. The molecule has 0 unspecified atom stereocenters. The summed E-state index contributed by atoms with van der Waals surface area (Å²) in [6.45, 7) is 5.22. The molecule has 0 aromatic carbocycles. The number of allylic oxidation sites excluding steroid dienone is 1. The van der Waals surface area contributed by atoms with Gasteiger partial charge in [0.15, 0.2) is 5.96 Å². The van der Waals surface area contributed by atoms with E-state index in [2.05, 4.69) is 34.3 Å². The number of guanidine groups is 1. The van der Waals surface area contributed by atoms with Gasteiger partial charge in [-0.15, -0.1) is 0 Å². The molecule has 0 radical (unpaired) electrons. The van der Waals surface area contributed by atoms with Crippen LogP contribution < -0.4 is 5.32 Å². The first-order chi connectivity index (χ1) is 5.88. The van der Waals surface area contributed by atoms with Crippen LogP contribution >= 0.6 is 0 Å². The van der Waals surface area contributed by atoms with Crippen LogP contribution in [0.15, 0.2) is 17.1 Å². The molecule has 0 aliphatic carbocycles. The first-order valence-corrected chi connectivity index (χ1v) is 4.49. The van der Waals surface area contributed by atoms with Crippen LogP contribution in [0.25, 0.3) is 0 Å². The average molecular weight is 167 g/mol. The molecule has 1 fully saturated rings. The Hall–Kier alpha value is -0.990. The molecule has 0 aromatic heterocycles. The third kappa shape index (κ3) is 2.26. The molecule has 0 spiro atoms. The zero-order valence-electron chi connectivity index (χ0n) is 7.88. The van der Waals surface area contributed by atoms with Crippen molar-refractivity contribution < 1.29 is 0 Å². The predicted octanol–water partition coefficient (Wildman–Crippen LogP) is 0.844. The van der Waals surface area contributed by atoms with Gasteiger partial charge < -0.3 is 10.2 Å². The molecule has 0 atom stereocenters. The largest absolute Gasteiger partial charge is 0.354 e. The van der Waals surface area contributed by atoms with Crippen LogP contribution in [-0.2, 0) is 0 Å². The van der Waals surface area contributed by atoms with E-state index >= 15 is 0 Å². The van der Waals surface area contributed by atoms with E-state index in [9.17, 15) is 0 Å². The SMILES string of the molecule is CC/C=C/CN1CCNC1=NC. The highest BCUT2D eigenvalue weighted by Crippen LogP contribution is 1.96. The third-order valence-corrected chi connectivity index (χ3v) is 1.90. The summed E-state index contributed by atoms with van der Waals surface area (Å²) in [5.41, 5.74) is 0. The highest BCUT2D eigenvalue weighted by atomic mass is 15.3. The van der Waals surface area contributed by atoms with E-state index < -0.39 is 0 Å². The van der Waals surface area contributed by atoms with E-state index in [1.807, 2.05) is 7.05 Å². The normalized spacial score (nSPS) is 20.8. The first-order valence-electron chi connectivity index (χ1n) is 4.49. The molecule has 0 aromatic rings. The van der Waals surface area contributed by atoms with Crippen molar-refractivity contribution in [3.8, 4) is 0 Å². The van der Waals surface area contributed by atoms with Gasteiger partial charge in [0.25, 0.3) is 0 Å². The van der Waals surface area contributed by atoms with Crippen LogP contribution in [-0.4, -0.2) is 37.5 Å². The van der Waals surface area contributed by atoms with Gasteiger partial charge in [0.05, 0.1) is 0 Å². The standard InChI is InChI=1S/C9H17N3/c1-3-4-5-7-12-8-6-11-9(12)10-2/h4-5H,3,6-8H2,1-2H3,(H,10,11)/b5-4+. The Morgan fingerprint density at radius 3 is 3.08 bits per heavy atom. The Kier molecular flexibility index (Phi) is 3.64. The number of aliphatic imine (C=N–C) groups is 1. The lowest BCUT2D eigenvalue weighted by atomic mass is 10.4. The van der Waals surface area contributed by atoms with Crippen molar-refractivity contribution in [1.29, 1.82) is 0 Å². The van der Waals surface area contributed by atoms with Crippen LogP contribution in [0.3, 0.4) is 0 Å². The zero-order valence-corrected chi connectivity index (χ0v) is 7.88. The molecule has 1 heterocycles. The van der Waals surface area contributed by atoms with Gasteiger partial charge in [0, 0.05) is 26.7 Å². The Morgan fingerprint density at radius 2 is 2.42 bits per heavy atom. The summed E-state index contributed by atoms with van der Waals surface area (Å²) in [6, 6.07) is 0. The van der Waals surface area contributed by atoms with Gasteiger partial charge in [-0.2, -0.15) is 0 Å². The molecule has 68 valence electrons. The summed E-state index contributed by atoms with van der Waals surface area (Å²) in [5, 5.41) is 3.23. The molecule has 1 saturated heterocycles. The third-order valence-electron chi connectivity index (χ3n) is 1.90. The molecule has 1 aliphatic rings. The van der Waals surface area contributed by atoms with E-state index in [1.165, 1.54) is 0 Å². The minimum atomic E-state index is 0.980. The summed E-state index contributed by atoms with van der Waals surface area (Å²) >= 11 is 0. The molecule has 3 heteroatoms. The maximum atomic E-state index is 4.15. The van der Waals surface area contributed by atoms with Gasteiger partial charge in [-0.05, 0) is 6.42 Å². The van der Waals surface area contributed by atoms with Gasteiger partial charge >= 0.3 is 0 Å². The Morgan fingerprint density at radius 1 is 1.58 bits per heavy atom. The molecule has 12 heavy (non-hydrogen) atoms. The first kappa shape index (κ1) is 9.10. The molecule has 1 rings (SSSR count). The van der Waals surface area contributed by atoms with Crippen molar-refractivity contribution in [2.45, 2.75) is 13.3 Å². The molecule has 0 bridgehead atoms. The molecule has 1 aliphatic heterocycles. The molecule has 3 nitrogen and oxygen atoms in total. The van der Waals surface area contributed by atoms with Gasteiger partial charge in [0.1, 0.15) is 0 Å². The van der Waals surface area contributed by atoms with Gasteiger partial charge in [-0.1, -0.05) is 19.1 Å². The van der Waals surface area contributed by atoms with Crippen molar-refractivity contribution in [3.05, 3.63) is 12.2 Å². The van der Waals surface area contributed by atoms with Gasteiger partial charge in [-0.25, -0.2) is 0 Å². The zero-order chi connectivity index (χ0) is 8.81. The van der Waals surface area contributed by atoms with Crippen molar-refractivity contribution in [2.24, 2.45) is 4.99 Å². The predicted molar refractivity (Wildman–Crippen MR) is 52.4 cm³/mol. The number of rotatable bonds is 3. The number of nitrogens with one attached hydrogen (secondary N) is 1. The van der Waals surface area contributed by atoms with E-state index in [4.69, 9.17) is 0 Å². The average Bonchev–Trinajstić information content (AvgIpc) is 2.52. The maximum Gasteiger partial charge on any atom is 0.194 e. The summed E-state index contributed by atoms with van der Waals surface area (Å²) in [7, 11) is 1.82. The van der Waals surface area contributed by atoms with Gasteiger partial charge in [0.2, 0.25) is 0 Å². The molecular weight excluding hydrogens is 150 g/mol. The second kappa shape index (κ2) is 4.80. The van der Waals surface area contributed by atoms with Crippen molar-refractivity contribution in [3.63, 3.8) is 0 Å². The molecule has 0 saturated carbocycles. The monoisotopic (exact) mass is 167 g/mol. The fraction of sp³-hybridized carbons (Fsp3) is 0.667. The summed E-state index contributed by atoms with van der Waals surface area (Å²) in [5.74, 6) is 1.02. The van der Waals surface area contributed by atoms with Crippen LogP contribution in [0.2, 0.25) is 0 Å². The maximum absolute atomic E-state index is 4.15. The number of hydrogen-bond acceptors (Lipinski definition) is 1. The summed E-state index contributed by atoms with van der Waals surface area (Å²) < 4.78 is 0. The van der Waals surface area contributed by atoms with Crippen molar-refractivity contribution in [2.75, 3.05) is 26.7 Å². The lowest BCUT2D eigenvalue weighted by Gasteiger charge is -2.13. The van der Waals surface area contributed by atoms with E-state index in [1.54, 1.807) is 0 Å². The smallest absolute Gasteiger partial charge is 0.194 e. The van der Waals surface area contributed by atoms with Crippen LogP contribution in [0, 0.1) is 0 Å². The van der Waals surface area contributed by atoms with Gasteiger partial charge in [-0.3, -0.25) is 4.99 Å². The minimum Gasteiger partial charge on any atom is -0.354 e. The second-order valence-electron chi connectivity index (χ2n) is 2.80. The van der Waals surface area contributed by atoms with Crippen LogP contribution in [0.1, 0.15) is 13.3 Å². The topological polar surface area (TPSA) is 27.6 Å². The summed E-state index contributed by atoms with van der Waals surface area (Å²) in [6.07, 6.45) is 5.49. The molecule has 0 amide bonds. The number of nitrogens with zero attached hydrogens (tertiary/aromatic N) is 2. The van der Waals surface area contributed by atoms with E-state index in [0.717, 1.165) is 32.0 Å². The van der Waals surface area contributed by atoms with E-state index in [0.29, 0.717) is 0 Å². The van der Waals surface area contributed by atoms with Crippen molar-refractivity contribution >= 4 is 5.96 Å². The van der Waals surface area contributed by atoms with Crippen LogP contribution in [0.4, 0.5) is 0 Å². The Balaban J connectivity index is 2.36. The highest BCUT2D eigenvalue weighted by Gasteiger charge is 2.14. The lowest BCUT2D eigenvalue weighted by molar-refractivity contribution is 0.512. The second-order valence-corrected chi connectivity index (χ2v) is 2.80. The fourth-order valence-corrected chi connectivity index (χ4v) is 1.29. The minimum absolute atomic E-state index is 0.980. The number of hydrogen-bond donors (Lipinski definition) is 1. The molecule has 1 N–H and O–H groups in total. The van der Waals surface area contributed by atoms with Crippen LogP contribution in [0.5, 0.6) is 0 Å². The Labute approximate surface area is 74.2 Å². The fourth-order valence-electron chi connectivity index (χ4n) is 1.29. The van der Waals surface area contributed by atoms with E-state index in [-0.39, 0.29) is 0 Å². The molecular formula is C9H17N3.